The second kappa shape index (κ2) is 10.1. The summed E-state index contributed by atoms with van der Waals surface area (Å²) in [6.07, 6.45) is -1.35. The van der Waals surface area contributed by atoms with E-state index in [2.05, 4.69) is 15.4 Å². The quantitative estimate of drug-likeness (QED) is 0.555. The molecule has 1 unspecified atom stereocenters. The van der Waals surface area contributed by atoms with Crippen molar-refractivity contribution in [2.45, 2.75) is 46.2 Å². The number of hydrogen-bond donors (Lipinski definition) is 1. The third-order valence-electron chi connectivity index (χ3n) is 6.49. The van der Waals surface area contributed by atoms with Crippen molar-refractivity contribution >= 4 is 17.6 Å². The molecule has 36 heavy (non-hydrogen) atoms. The molecule has 190 valence electrons. The highest BCUT2D eigenvalue weighted by Gasteiger charge is 2.32. The van der Waals surface area contributed by atoms with Gasteiger partial charge in [0.25, 0.3) is 0 Å². The third kappa shape index (κ3) is 5.58. The second-order valence-corrected chi connectivity index (χ2v) is 9.17. The van der Waals surface area contributed by atoms with Crippen molar-refractivity contribution in [1.29, 1.82) is 0 Å². The Labute approximate surface area is 207 Å². The second-order valence-electron chi connectivity index (χ2n) is 9.17. The number of aromatic nitrogens is 3. The Kier molecular flexibility index (Phi) is 7.14. The lowest BCUT2D eigenvalue weighted by atomic mass is 9.96. The maximum Gasteiger partial charge on any atom is 0.416 e. The fourth-order valence-electron chi connectivity index (χ4n) is 4.45. The molecule has 3 aromatic rings. The van der Waals surface area contributed by atoms with E-state index < -0.39 is 11.7 Å². The molecule has 0 radical (unpaired) electrons. The minimum atomic E-state index is -4.46. The molecule has 0 bridgehead atoms. The summed E-state index contributed by atoms with van der Waals surface area (Å²) in [4.78, 5) is 31.8. The average molecular weight is 500 g/mol. The Morgan fingerprint density at radius 3 is 2.61 bits per heavy atom. The molecule has 1 aliphatic rings. The number of carbonyl (C=O) groups excluding carboxylic acids is 2. The Bertz CT molecular complexity index is 1270. The highest BCUT2D eigenvalue weighted by molar-refractivity contribution is 5.92. The zero-order chi connectivity index (χ0) is 26.0. The molecule has 1 atom stereocenters. The Morgan fingerprint density at radius 1 is 1.14 bits per heavy atom. The lowest BCUT2D eigenvalue weighted by molar-refractivity contribution is -0.137. The number of alkyl halides is 3. The number of amides is 2. The van der Waals surface area contributed by atoms with Crippen LogP contribution in [0.1, 0.15) is 40.9 Å². The molecular weight excluding hydrogens is 471 g/mol. The minimum Gasteiger partial charge on any atom is -0.342 e. The van der Waals surface area contributed by atoms with Gasteiger partial charge in [0.15, 0.2) is 0 Å². The Morgan fingerprint density at radius 2 is 1.92 bits per heavy atom. The Hall–Kier alpha value is -3.69. The van der Waals surface area contributed by atoms with Crippen molar-refractivity contribution in [3.8, 4) is 5.69 Å². The fraction of sp³-hybridized carbons (Fsp3) is 0.385. The van der Waals surface area contributed by atoms with E-state index in [0.29, 0.717) is 48.7 Å². The van der Waals surface area contributed by atoms with Crippen molar-refractivity contribution in [2.75, 3.05) is 18.4 Å². The van der Waals surface area contributed by atoms with Crippen LogP contribution in [0.15, 0.2) is 42.6 Å². The van der Waals surface area contributed by atoms with E-state index in [9.17, 15) is 22.8 Å². The first-order valence-corrected chi connectivity index (χ1v) is 11.8. The van der Waals surface area contributed by atoms with E-state index in [-0.39, 0.29) is 29.8 Å². The van der Waals surface area contributed by atoms with Crippen LogP contribution in [0.25, 0.3) is 5.69 Å². The Balaban J connectivity index is 1.45. The predicted molar refractivity (Wildman–Crippen MR) is 129 cm³/mol. The summed E-state index contributed by atoms with van der Waals surface area (Å²) in [6.45, 7) is 6.24. The molecular formula is C26H28F3N5O2. The van der Waals surface area contributed by atoms with Gasteiger partial charge in [0.05, 0.1) is 29.3 Å². The molecule has 1 fully saturated rings. The first kappa shape index (κ1) is 25.4. The van der Waals surface area contributed by atoms with Crippen molar-refractivity contribution in [1.82, 2.24) is 19.7 Å². The van der Waals surface area contributed by atoms with E-state index >= 15 is 0 Å². The molecule has 1 aromatic carbocycles. The van der Waals surface area contributed by atoms with Crippen LogP contribution in [-0.4, -0.2) is 44.6 Å². The van der Waals surface area contributed by atoms with Gasteiger partial charge in [-0.15, -0.1) is 0 Å². The van der Waals surface area contributed by atoms with Crippen molar-refractivity contribution in [2.24, 2.45) is 5.92 Å². The highest BCUT2D eigenvalue weighted by atomic mass is 19.4. The van der Waals surface area contributed by atoms with Gasteiger partial charge in [-0.3, -0.25) is 9.59 Å². The minimum absolute atomic E-state index is 0.0600. The van der Waals surface area contributed by atoms with Crippen molar-refractivity contribution in [3.63, 3.8) is 0 Å². The average Bonchev–Trinajstić information content (AvgIpc) is 3.13. The van der Waals surface area contributed by atoms with Crippen LogP contribution in [-0.2, 0) is 22.2 Å². The molecule has 1 saturated heterocycles. The van der Waals surface area contributed by atoms with Crippen molar-refractivity contribution < 1.29 is 22.8 Å². The van der Waals surface area contributed by atoms with E-state index in [1.807, 2.05) is 13.0 Å². The molecule has 1 aliphatic heterocycles. The number of carbonyl (C=O) groups is 2. The molecule has 10 heteroatoms. The first-order valence-electron chi connectivity index (χ1n) is 11.8. The summed E-state index contributed by atoms with van der Waals surface area (Å²) in [5.41, 5.74) is 2.37. The molecule has 7 nitrogen and oxygen atoms in total. The number of halogens is 3. The smallest absolute Gasteiger partial charge is 0.342 e. The van der Waals surface area contributed by atoms with Crippen LogP contribution in [0.3, 0.4) is 0 Å². The zero-order valence-corrected chi connectivity index (χ0v) is 20.4. The largest absolute Gasteiger partial charge is 0.416 e. The SMILES string of the molecule is Cc1ccc(NC(=O)C2CCCN(C(=O)Cc3c(C)nn(-c4cccc(C(F)(F)F)c4)c3C)C2)nc1. The number of benzene rings is 1. The van der Waals surface area contributed by atoms with Gasteiger partial charge >= 0.3 is 6.18 Å². The molecule has 3 heterocycles. The fourth-order valence-corrected chi connectivity index (χ4v) is 4.45. The molecule has 0 aliphatic carbocycles. The number of aryl methyl sites for hydroxylation is 2. The normalized spacial score (nSPS) is 16.2. The number of likely N-dealkylation sites (tertiary alicyclic amines) is 1. The number of anilines is 1. The number of nitrogens with zero attached hydrogens (tertiary/aromatic N) is 4. The number of nitrogens with one attached hydrogen (secondary N) is 1. The topological polar surface area (TPSA) is 80.1 Å². The monoisotopic (exact) mass is 499 g/mol. The summed E-state index contributed by atoms with van der Waals surface area (Å²) in [5.74, 6) is -0.188. The van der Waals surface area contributed by atoms with Gasteiger partial charge < -0.3 is 10.2 Å². The zero-order valence-electron chi connectivity index (χ0n) is 20.4. The maximum atomic E-state index is 13.2. The number of pyridine rings is 1. The molecule has 2 aromatic heterocycles. The van der Waals surface area contributed by atoms with Gasteiger partial charge in [0.2, 0.25) is 11.8 Å². The lowest BCUT2D eigenvalue weighted by Crippen LogP contribution is -2.44. The van der Waals surface area contributed by atoms with Crippen LogP contribution < -0.4 is 5.32 Å². The van der Waals surface area contributed by atoms with Gasteiger partial charge in [0, 0.05) is 30.5 Å². The van der Waals surface area contributed by atoms with Gasteiger partial charge in [-0.05, 0) is 63.4 Å². The summed E-state index contributed by atoms with van der Waals surface area (Å²) in [5, 5.41) is 7.23. The molecule has 0 spiro atoms. The van der Waals surface area contributed by atoms with E-state index in [0.717, 1.165) is 17.7 Å². The van der Waals surface area contributed by atoms with Crippen LogP contribution >= 0.6 is 0 Å². The van der Waals surface area contributed by atoms with Gasteiger partial charge in [-0.25, -0.2) is 9.67 Å². The molecule has 4 rings (SSSR count). The van der Waals surface area contributed by atoms with Crippen molar-refractivity contribution in [3.05, 3.63) is 70.7 Å². The van der Waals surface area contributed by atoms with E-state index in [1.54, 1.807) is 37.1 Å². The molecule has 1 N–H and O–H groups in total. The number of rotatable bonds is 5. The van der Waals surface area contributed by atoms with E-state index in [4.69, 9.17) is 0 Å². The predicted octanol–water partition coefficient (Wildman–Crippen LogP) is 4.63. The lowest BCUT2D eigenvalue weighted by Gasteiger charge is -2.32. The van der Waals surface area contributed by atoms with Crippen LogP contribution in [0, 0.1) is 26.7 Å². The highest BCUT2D eigenvalue weighted by Crippen LogP contribution is 2.31. The van der Waals surface area contributed by atoms with Gasteiger partial charge in [-0.2, -0.15) is 18.3 Å². The van der Waals surface area contributed by atoms with Gasteiger partial charge in [0.1, 0.15) is 5.82 Å². The van der Waals surface area contributed by atoms with Crippen LogP contribution in [0.5, 0.6) is 0 Å². The standard InChI is InChI=1S/C26H28F3N5O2/c1-16-9-10-23(30-14-16)31-25(36)19-6-5-11-33(15-19)24(35)13-22-17(2)32-34(18(22)3)21-8-4-7-20(12-21)26(27,28)29/h4,7-10,12,14,19H,5-6,11,13,15H2,1-3H3,(H,30,31,36). The van der Waals surface area contributed by atoms with Crippen LogP contribution in [0.2, 0.25) is 0 Å². The van der Waals surface area contributed by atoms with Crippen LogP contribution in [0.4, 0.5) is 19.0 Å². The summed E-state index contributed by atoms with van der Waals surface area (Å²) in [7, 11) is 0. The molecule has 2 amide bonds. The third-order valence-corrected chi connectivity index (χ3v) is 6.49. The summed E-state index contributed by atoms with van der Waals surface area (Å²) in [6, 6.07) is 8.55. The van der Waals surface area contributed by atoms with Gasteiger partial charge in [-0.1, -0.05) is 12.1 Å². The maximum absolute atomic E-state index is 13.2. The number of hydrogen-bond acceptors (Lipinski definition) is 4. The summed E-state index contributed by atoms with van der Waals surface area (Å²) < 4.78 is 40.9. The van der Waals surface area contributed by atoms with E-state index in [1.165, 1.54) is 10.7 Å². The number of piperidine rings is 1. The molecule has 0 saturated carbocycles. The first-order chi connectivity index (χ1) is 17.0. The summed E-state index contributed by atoms with van der Waals surface area (Å²) >= 11 is 0.